The monoisotopic (exact) mass is 488 g/mol. The number of nitrogens with one attached hydrogen (secondary N) is 2. The van der Waals surface area contributed by atoms with Crippen molar-refractivity contribution < 1.29 is 19.4 Å². The lowest BCUT2D eigenvalue weighted by molar-refractivity contribution is -0.131. The Kier molecular flexibility index (Phi) is 6.80. The molecule has 0 bridgehead atoms. The number of benzene rings is 2. The molecular weight excluding hydrogens is 456 g/mol. The molecular formula is C28H32N4O4. The van der Waals surface area contributed by atoms with Crippen molar-refractivity contribution in [2.75, 3.05) is 13.2 Å². The molecule has 4 unspecified atom stereocenters. The van der Waals surface area contributed by atoms with Gasteiger partial charge in [0.2, 0.25) is 5.91 Å². The van der Waals surface area contributed by atoms with Crippen molar-refractivity contribution in [3.05, 3.63) is 83.2 Å². The standard InChI is InChI=1S/C28H32N4O4/c1-4-35-22-11-9-19(14-23(22)36-5-2)27-24-25(20-13-17(3)8-10-21(20)33)30-31-26(24)28(34)32(27)16-18-7-6-12-29-15-18/h6-15,24-27,30-31,33H,4-5,16H2,1-3H3. The number of phenolic OH excluding ortho intramolecular Hbond substituents is 1. The average molecular weight is 489 g/mol. The van der Waals surface area contributed by atoms with Crippen molar-refractivity contribution in [2.45, 2.75) is 45.4 Å². The third kappa shape index (κ3) is 4.38. The Morgan fingerprint density at radius 3 is 2.53 bits per heavy atom. The van der Waals surface area contributed by atoms with Crippen LogP contribution in [0.4, 0.5) is 0 Å². The molecule has 8 nitrogen and oxygen atoms in total. The number of aryl methyl sites for hydroxylation is 1. The quantitative estimate of drug-likeness (QED) is 0.444. The minimum absolute atomic E-state index is 0.00263. The second-order valence-corrected chi connectivity index (χ2v) is 9.23. The Morgan fingerprint density at radius 2 is 1.78 bits per heavy atom. The van der Waals surface area contributed by atoms with Crippen LogP contribution in [0.1, 0.15) is 48.2 Å². The molecule has 2 aromatic carbocycles. The van der Waals surface area contributed by atoms with Gasteiger partial charge in [0, 0.05) is 30.4 Å². The molecule has 3 aromatic rings. The number of likely N-dealkylation sites (tertiary alicyclic amines) is 1. The van der Waals surface area contributed by atoms with Crippen molar-refractivity contribution in [3.63, 3.8) is 0 Å². The largest absolute Gasteiger partial charge is 0.508 e. The molecule has 3 N–H and O–H groups in total. The number of carbonyl (C=O) groups is 1. The molecule has 1 aromatic heterocycles. The Bertz CT molecular complexity index is 1240. The molecule has 4 atom stereocenters. The van der Waals surface area contributed by atoms with E-state index in [4.69, 9.17) is 9.47 Å². The van der Waals surface area contributed by atoms with E-state index in [0.29, 0.717) is 31.3 Å². The molecule has 2 saturated heterocycles. The number of aromatic nitrogens is 1. The average Bonchev–Trinajstić information content (AvgIpc) is 3.42. The van der Waals surface area contributed by atoms with E-state index < -0.39 is 6.04 Å². The van der Waals surface area contributed by atoms with Gasteiger partial charge in [0.1, 0.15) is 11.8 Å². The van der Waals surface area contributed by atoms with Gasteiger partial charge in [-0.1, -0.05) is 29.8 Å². The molecule has 2 aliphatic rings. The molecule has 1 amide bonds. The lowest BCUT2D eigenvalue weighted by Crippen LogP contribution is -2.41. The smallest absolute Gasteiger partial charge is 0.242 e. The fourth-order valence-electron chi connectivity index (χ4n) is 5.41. The zero-order chi connectivity index (χ0) is 25.2. The van der Waals surface area contributed by atoms with E-state index in [-0.39, 0.29) is 29.7 Å². The van der Waals surface area contributed by atoms with E-state index in [0.717, 1.165) is 22.3 Å². The van der Waals surface area contributed by atoms with Crippen molar-refractivity contribution in [1.82, 2.24) is 20.7 Å². The van der Waals surface area contributed by atoms with Crippen LogP contribution in [0.25, 0.3) is 0 Å². The summed E-state index contributed by atoms with van der Waals surface area (Å²) < 4.78 is 11.7. The summed E-state index contributed by atoms with van der Waals surface area (Å²) in [6.07, 6.45) is 3.52. The van der Waals surface area contributed by atoms with Gasteiger partial charge in [-0.15, -0.1) is 0 Å². The maximum Gasteiger partial charge on any atom is 0.242 e. The molecule has 3 heterocycles. The van der Waals surface area contributed by atoms with Crippen LogP contribution in [0.2, 0.25) is 0 Å². The number of fused-ring (bicyclic) bond motifs is 1. The van der Waals surface area contributed by atoms with Crippen molar-refractivity contribution in [3.8, 4) is 17.2 Å². The summed E-state index contributed by atoms with van der Waals surface area (Å²) in [4.78, 5) is 19.9. The Hall–Kier alpha value is -3.62. The van der Waals surface area contributed by atoms with Crippen LogP contribution in [-0.4, -0.2) is 40.2 Å². The summed E-state index contributed by atoms with van der Waals surface area (Å²) in [5.74, 6) is 1.37. The zero-order valence-electron chi connectivity index (χ0n) is 20.8. The molecule has 8 heteroatoms. The highest BCUT2D eigenvalue weighted by Crippen LogP contribution is 2.50. The number of rotatable bonds is 8. The number of ether oxygens (including phenoxy) is 2. The number of hydrazine groups is 1. The highest BCUT2D eigenvalue weighted by atomic mass is 16.5. The van der Waals surface area contributed by atoms with Crippen LogP contribution in [0.3, 0.4) is 0 Å². The predicted molar refractivity (Wildman–Crippen MR) is 135 cm³/mol. The fraction of sp³-hybridized carbons (Fsp3) is 0.357. The predicted octanol–water partition coefficient (Wildman–Crippen LogP) is 3.81. The van der Waals surface area contributed by atoms with Gasteiger partial charge in [-0.2, -0.15) is 0 Å². The van der Waals surface area contributed by atoms with Crippen molar-refractivity contribution in [2.24, 2.45) is 5.92 Å². The summed E-state index contributed by atoms with van der Waals surface area (Å²) >= 11 is 0. The maximum absolute atomic E-state index is 13.8. The summed E-state index contributed by atoms with van der Waals surface area (Å²) in [5, 5.41) is 10.7. The summed E-state index contributed by atoms with van der Waals surface area (Å²) in [5.41, 5.74) is 10.2. The van der Waals surface area contributed by atoms with E-state index in [2.05, 4.69) is 15.8 Å². The molecule has 0 saturated carbocycles. The zero-order valence-corrected chi connectivity index (χ0v) is 20.8. The SMILES string of the molecule is CCOc1ccc(C2C3C(NNC3c3cc(C)ccc3O)C(=O)N2Cc2cccnc2)cc1OCC. The van der Waals surface area contributed by atoms with Crippen LogP contribution < -0.4 is 20.3 Å². The maximum atomic E-state index is 13.8. The Labute approximate surface area is 211 Å². The minimum atomic E-state index is -0.446. The first-order chi connectivity index (χ1) is 17.5. The molecule has 0 aliphatic carbocycles. The Morgan fingerprint density at radius 1 is 1.00 bits per heavy atom. The highest BCUT2D eigenvalue weighted by Gasteiger charge is 2.56. The number of pyridine rings is 1. The molecule has 5 rings (SSSR count). The van der Waals surface area contributed by atoms with Crippen LogP contribution in [0, 0.1) is 12.8 Å². The molecule has 188 valence electrons. The second kappa shape index (κ2) is 10.2. The fourth-order valence-corrected chi connectivity index (χ4v) is 5.41. The van der Waals surface area contributed by atoms with E-state index in [1.807, 2.05) is 68.1 Å². The van der Waals surface area contributed by atoms with E-state index >= 15 is 0 Å². The summed E-state index contributed by atoms with van der Waals surface area (Å²) in [7, 11) is 0. The lowest BCUT2D eigenvalue weighted by Gasteiger charge is -2.32. The molecule has 2 aliphatic heterocycles. The highest BCUT2D eigenvalue weighted by molar-refractivity contribution is 5.86. The molecule has 0 spiro atoms. The van der Waals surface area contributed by atoms with E-state index in [1.165, 1.54) is 0 Å². The second-order valence-electron chi connectivity index (χ2n) is 9.23. The van der Waals surface area contributed by atoms with Crippen LogP contribution >= 0.6 is 0 Å². The third-order valence-electron chi connectivity index (χ3n) is 6.92. The number of hydrogen-bond donors (Lipinski definition) is 3. The number of phenols is 1. The summed E-state index contributed by atoms with van der Waals surface area (Å²) in [6.45, 7) is 7.33. The molecule has 0 radical (unpaired) electrons. The van der Waals surface area contributed by atoms with Gasteiger partial charge in [0.15, 0.2) is 11.5 Å². The van der Waals surface area contributed by atoms with Gasteiger partial charge in [-0.25, -0.2) is 10.9 Å². The van der Waals surface area contributed by atoms with Gasteiger partial charge in [0.25, 0.3) is 0 Å². The van der Waals surface area contributed by atoms with Gasteiger partial charge in [-0.05, 0) is 56.2 Å². The number of hydrogen-bond acceptors (Lipinski definition) is 7. The van der Waals surface area contributed by atoms with Gasteiger partial charge in [0.05, 0.1) is 25.3 Å². The minimum Gasteiger partial charge on any atom is -0.508 e. The first kappa shape index (κ1) is 24.1. The molecule has 2 fully saturated rings. The van der Waals surface area contributed by atoms with Gasteiger partial charge >= 0.3 is 0 Å². The van der Waals surface area contributed by atoms with Crippen LogP contribution in [0.5, 0.6) is 17.2 Å². The first-order valence-electron chi connectivity index (χ1n) is 12.4. The van der Waals surface area contributed by atoms with Gasteiger partial charge < -0.3 is 19.5 Å². The summed E-state index contributed by atoms with van der Waals surface area (Å²) in [6, 6.07) is 14.3. The van der Waals surface area contributed by atoms with Crippen LogP contribution in [-0.2, 0) is 11.3 Å². The topological polar surface area (TPSA) is 96.0 Å². The normalized spacial score (nSPS) is 23.1. The van der Waals surface area contributed by atoms with E-state index in [9.17, 15) is 9.90 Å². The number of nitrogens with zero attached hydrogens (tertiary/aromatic N) is 2. The number of amides is 1. The number of carbonyl (C=O) groups excluding carboxylic acids is 1. The van der Waals surface area contributed by atoms with Gasteiger partial charge in [-0.3, -0.25) is 9.78 Å². The van der Waals surface area contributed by atoms with Crippen LogP contribution in [0.15, 0.2) is 60.9 Å². The van der Waals surface area contributed by atoms with E-state index in [1.54, 1.807) is 18.5 Å². The third-order valence-corrected chi connectivity index (χ3v) is 6.92. The van der Waals surface area contributed by atoms with Crippen molar-refractivity contribution >= 4 is 5.91 Å². The Balaban J connectivity index is 1.60. The van der Waals surface area contributed by atoms with Crippen molar-refractivity contribution in [1.29, 1.82) is 0 Å². The molecule has 36 heavy (non-hydrogen) atoms. The number of aromatic hydroxyl groups is 1. The lowest BCUT2D eigenvalue weighted by atomic mass is 9.82. The first-order valence-corrected chi connectivity index (χ1v) is 12.4.